The van der Waals surface area contributed by atoms with E-state index < -0.39 is 0 Å². The summed E-state index contributed by atoms with van der Waals surface area (Å²) in [6.07, 6.45) is 4.00. The first-order valence-corrected chi connectivity index (χ1v) is 11.1. The van der Waals surface area contributed by atoms with Crippen molar-refractivity contribution in [3.63, 3.8) is 0 Å². The third-order valence-electron chi connectivity index (χ3n) is 4.19. The molecule has 1 atom stereocenters. The second kappa shape index (κ2) is 9.71. The van der Waals surface area contributed by atoms with Gasteiger partial charge in [0.15, 0.2) is 0 Å². The number of carbonyl (C=O) groups excluding carboxylic acids is 1. The summed E-state index contributed by atoms with van der Waals surface area (Å²) in [5.74, 6) is 1.49. The van der Waals surface area contributed by atoms with Gasteiger partial charge < -0.3 is 9.47 Å². The first-order chi connectivity index (χ1) is 13.5. The summed E-state index contributed by atoms with van der Waals surface area (Å²) in [4.78, 5) is 18.7. The molecule has 1 amide bonds. The SMILES string of the molecule is CCOc1cc(OCC)c(C[C@@H]2SC(=S)N(Cc3cccnc3)C2=O)cc1Br. The summed E-state index contributed by atoms with van der Waals surface area (Å²) in [7, 11) is 0. The van der Waals surface area contributed by atoms with Gasteiger partial charge in [-0.15, -0.1) is 0 Å². The zero-order chi connectivity index (χ0) is 20.1. The predicted molar refractivity (Wildman–Crippen MR) is 119 cm³/mol. The van der Waals surface area contributed by atoms with Crippen LogP contribution in [0.5, 0.6) is 11.5 Å². The van der Waals surface area contributed by atoms with Crippen molar-refractivity contribution in [1.29, 1.82) is 0 Å². The number of halogens is 1. The van der Waals surface area contributed by atoms with Crippen molar-refractivity contribution in [3.8, 4) is 11.5 Å². The van der Waals surface area contributed by atoms with Gasteiger partial charge in [-0.25, -0.2) is 0 Å². The second-order valence-corrected chi connectivity index (χ2v) is 8.81. The molecule has 2 heterocycles. The maximum absolute atomic E-state index is 13.0. The van der Waals surface area contributed by atoms with Crippen LogP contribution >= 0.6 is 39.9 Å². The van der Waals surface area contributed by atoms with Gasteiger partial charge in [0.25, 0.3) is 0 Å². The average molecular weight is 481 g/mol. The van der Waals surface area contributed by atoms with Gasteiger partial charge in [0.05, 0.1) is 29.5 Å². The molecule has 1 fully saturated rings. The summed E-state index contributed by atoms with van der Waals surface area (Å²) in [6.45, 7) is 5.43. The highest BCUT2D eigenvalue weighted by Crippen LogP contribution is 2.37. The number of pyridine rings is 1. The van der Waals surface area contributed by atoms with Crippen LogP contribution in [0.3, 0.4) is 0 Å². The molecule has 0 radical (unpaired) electrons. The van der Waals surface area contributed by atoms with E-state index in [4.69, 9.17) is 21.7 Å². The zero-order valence-electron chi connectivity index (χ0n) is 15.7. The normalized spacial score (nSPS) is 16.5. The number of ether oxygens (including phenoxy) is 2. The van der Waals surface area contributed by atoms with Gasteiger partial charge in [0.1, 0.15) is 15.8 Å². The Bertz CT molecular complexity index is 864. The van der Waals surface area contributed by atoms with Gasteiger partial charge in [-0.3, -0.25) is 14.7 Å². The van der Waals surface area contributed by atoms with Gasteiger partial charge in [-0.1, -0.05) is 30.0 Å². The van der Waals surface area contributed by atoms with Crippen molar-refractivity contribution in [1.82, 2.24) is 9.88 Å². The number of amides is 1. The van der Waals surface area contributed by atoms with Crippen LogP contribution in [-0.2, 0) is 17.8 Å². The van der Waals surface area contributed by atoms with E-state index in [0.29, 0.717) is 30.5 Å². The van der Waals surface area contributed by atoms with Crippen molar-refractivity contribution in [3.05, 3.63) is 52.3 Å². The summed E-state index contributed by atoms with van der Waals surface area (Å²) < 4.78 is 12.9. The molecule has 0 unspecified atom stereocenters. The van der Waals surface area contributed by atoms with Crippen molar-refractivity contribution < 1.29 is 14.3 Å². The Morgan fingerprint density at radius 3 is 2.68 bits per heavy atom. The first kappa shape index (κ1) is 21.1. The largest absolute Gasteiger partial charge is 0.493 e. The standard InChI is InChI=1S/C20H21BrN2O3S2/c1-3-25-16-10-17(26-4-2)15(21)8-14(16)9-18-19(24)23(20(27)28-18)12-13-6-5-7-22-11-13/h5-8,10-11,18H,3-4,9,12H2,1-2H3/t18-/m0/s1. The van der Waals surface area contributed by atoms with Crippen LogP contribution in [0.15, 0.2) is 41.1 Å². The minimum Gasteiger partial charge on any atom is -0.493 e. The molecule has 0 saturated carbocycles. The van der Waals surface area contributed by atoms with Gasteiger partial charge in [0.2, 0.25) is 5.91 Å². The van der Waals surface area contributed by atoms with E-state index in [0.717, 1.165) is 27.1 Å². The molecule has 0 N–H and O–H groups in total. The Morgan fingerprint density at radius 2 is 2.00 bits per heavy atom. The Labute approximate surface area is 182 Å². The minimum absolute atomic E-state index is 0.0197. The van der Waals surface area contributed by atoms with Gasteiger partial charge in [0, 0.05) is 18.5 Å². The molecule has 0 aliphatic carbocycles. The lowest BCUT2D eigenvalue weighted by Gasteiger charge is -2.17. The molecule has 1 aliphatic heterocycles. The number of hydrogen-bond donors (Lipinski definition) is 0. The maximum Gasteiger partial charge on any atom is 0.242 e. The topological polar surface area (TPSA) is 51.7 Å². The van der Waals surface area contributed by atoms with Crippen molar-refractivity contribution in [2.24, 2.45) is 0 Å². The van der Waals surface area contributed by atoms with Crippen LogP contribution in [0.1, 0.15) is 25.0 Å². The maximum atomic E-state index is 13.0. The van der Waals surface area contributed by atoms with Crippen molar-refractivity contribution in [2.75, 3.05) is 13.2 Å². The fraction of sp³-hybridized carbons (Fsp3) is 0.350. The molecule has 0 bridgehead atoms. The van der Waals surface area contributed by atoms with E-state index in [9.17, 15) is 4.79 Å². The second-order valence-electron chi connectivity index (χ2n) is 6.12. The van der Waals surface area contributed by atoms with E-state index in [-0.39, 0.29) is 11.2 Å². The highest BCUT2D eigenvalue weighted by atomic mass is 79.9. The Balaban J connectivity index is 1.78. The number of benzene rings is 1. The van der Waals surface area contributed by atoms with E-state index in [1.807, 2.05) is 38.1 Å². The predicted octanol–water partition coefficient (Wildman–Crippen LogP) is 4.61. The number of rotatable bonds is 8. The Hall–Kier alpha value is -1.64. The van der Waals surface area contributed by atoms with Crippen molar-refractivity contribution >= 4 is 50.1 Å². The van der Waals surface area contributed by atoms with Gasteiger partial charge in [-0.05, 0) is 59.5 Å². The molecule has 2 aromatic rings. The number of carbonyl (C=O) groups is 1. The molecule has 28 heavy (non-hydrogen) atoms. The van der Waals surface area contributed by atoms with Crippen LogP contribution in [0.2, 0.25) is 0 Å². The lowest BCUT2D eigenvalue weighted by Crippen LogP contribution is -2.31. The molecular formula is C20H21BrN2O3S2. The third-order valence-corrected chi connectivity index (χ3v) is 6.39. The number of thiocarbonyl (C=S) groups is 1. The average Bonchev–Trinajstić information content (AvgIpc) is 2.94. The van der Waals surface area contributed by atoms with E-state index in [2.05, 4.69) is 20.9 Å². The molecule has 1 aromatic carbocycles. The van der Waals surface area contributed by atoms with E-state index >= 15 is 0 Å². The van der Waals surface area contributed by atoms with Crippen LogP contribution in [0.4, 0.5) is 0 Å². The Morgan fingerprint density at radius 1 is 1.25 bits per heavy atom. The molecular weight excluding hydrogens is 460 g/mol. The molecule has 5 nitrogen and oxygen atoms in total. The number of aromatic nitrogens is 1. The summed E-state index contributed by atoms with van der Waals surface area (Å²) in [6, 6.07) is 7.64. The van der Waals surface area contributed by atoms with Crippen molar-refractivity contribution in [2.45, 2.75) is 32.1 Å². The van der Waals surface area contributed by atoms with Crippen LogP contribution in [0, 0.1) is 0 Å². The quantitative estimate of drug-likeness (QED) is 0.514. The molecule has 148 valence electrons. The zero-order valence-corrected chi connectivity index (χ0v) is 18.9. The van der Waals surface area contributed by atoms with Crippen LogP contribution in [0.25, 0.3) is 0 Å². The monoisotopic (exact) mass is 480 g/mol. The third kappa shape index (κ3) is 4.85. The molecule has 1 aliphatic rings. The minimum atomic E-state index is -0.270. The van der Waals surface area contributed by atoms with Crippen LogP contribution < -0.4 is 9.47 Å². The smallest absolute Gasteiger partial charge is 0.242 e. The molecule has 1 aromatic heterocycles. The fourth-order valence-corrected chi connectivity index (χ4v) is 4.96. The summed E-state index contributed by atoms with van der Waals surface area (Å²) in [5, 5.41) is -0.270. The number of hydrogen-bond acceptors (Lipinski definition) is 6. The fourth-order valence-electron chi connectivity index (χ4n) is 2.94. The first-order valence-electron chi connectivity index (χ1n) is 9.02. The lowest BCUT2D eigenvalue weighted by molar-refractivity contribution is -0.126. The molecule has 0 spiro atoms. The molecule has 1 saturated heterocycles. The lowest BCUT2D eigenvalue weighted by atomic mass is 10.1. The van der Waals surface area contributed by atoms with Gasteiger partial charge in [-0.2, -0.15) is 0 Å². The van der Waals surface area contributed by atoms with Gasteiger partial charge >= 0.3 is 0 Å². The number of nitrogens with zero attached hydrogens (tertiary/aromatic N) is 2. The number of thioether (sulfide) groups is 1. The molecule has 8 heteroatoms. The van der Waals surface area contributed by atoms with E-state index in [1.54, 1.807) is 17.3 Å². The summed E-state index contributed by atoms with van der Waals surface area (Å²) in [5.41, 5.74) is 1.91. The highest BCUT2D eigenvalue weighted by molar-refractivity contribution is 9.10. The Kier molecular flexibility index (Phi) is 7.31. The highest BCUT2D eigenvalue weighted by Gasteiger charge is 2.37. The van der Waals surface area contributed by atoms with Crippen LogP contribution in [-0.4, -0.2) is 38.6 Å². The summed E-state index contributed by atoms with van der Waals surface area (Å²) >= 11 is 10.4. The van der Waals surface area contributed by atoms with E-state index in [1.165, 1.54) is 11.8 Å². The molecule has 3 rings (SSSR count).